The molecule has 0 aliphatic rings. The first kappa shape index (κ1) is 10.5. The van der Waals surface area contributed by atoms with Crippen LogP contribution in [0.1, 0.15) is 13.3 Å². The molecule has 1 aromatic heterocycles. The summed E-state index contributed by atoms with van der Waals surface area (Å²) in [5.74, 6) is 0. The minimum atomic E-state index is 0.110. The van der Waals surface area contributed by atoms with Gasteiger partial charge < -0.3 is 10.4 Å². The largest absolute Gasteiger partial charge is 0.394 e. The van der Waals surface area contributed by atoms with Crippen LogP contribution >= 0.6 is 15.9 Å². The van der Waals surface area contributed by atoms with Crippen molar-refractivity contribution >= 4 is 21.6 Å². The van der Waals surface area contributed by atoms with E-state index in [0.29, 0.717) is 0 Å². The van der Waals surface area contributed by atoms with Crippen LogP contribution in [0, 0.1) is 0 Å². The highest BCUT2D eigenvalue weighted by Gasteiger charge is 2.05. The number of hydrogen-bond acceptors (Lipinski definition) is 3. The maximum absolute atomic E-state index is 8.98. The molecule has 0 amide bonds. The lowest BCUT2D eigenvalue weighted by molar-refractivity contribution is 0.272. The van der Waals surface area contributed by atoms with Crippen LogP contribution in [-0.2, 0) is 0 Å². The van der Waals surface area contributed by atoms with Crippen molar-refractivity contribution in [1.29, 1.82) is 0 Å². The monoisotopic (exact) mass is 244 g/mol. The number of nitrogens with one attached hydrogen (secondary N) is 1. The summed E-state index contributed by atoms with van der Waals surface area (Å²) in [4.78, 5) is 3.95. The van der Waals surface area contributed by atoms with E-state index in [-0.39, 0.29) is 12.6 Å². The molecule has 2 N–H and O–H groups in total. The second kappa shape index (κ2) is 5.19. The van der Waals surface area contributed by atoms with Crippen molar-refractivity contribution in [2.24, 2.45) is 0 Å². The predicted molar refractivity (Wildman–Crippen MR) is 56.7 cm³/mol. The first-order valence-electron chi connectivity index (χ1n) is 4.24. The summed E-state index contributed by atoms with van der Waals surface area (Å²) in [6.45, 7) is 2.17. The number of halogens is 1. The van der Waals surface area contributed by atoms with Gasteiger partial charge in [0.1, 0.15) is 0 Å². The van der Waals surface area contributed by atoms with Crippen LogP contribution in [0.25, 0.3) is 0 Å². The zero-order valence-electron chi connectivity index (χ0n) is 7.50. The van der Waals surface area contributed by atoms with Gasteiger partial charge >= 0.3 is 0 Å². The fourth-order valence-electron chi connectivity index (χ4n) is 0.989. The highest BCUT2D eigenvalue weighted by molar-refractivity contribution is 9.10. The van der Waals surface area contributed by atoms with Crippen molar-refractivity contribution in [3.8, 4) is 0 Å². The molecule has 13 heavy (non-hydrogen) atoms. The van der Waals surface area contributed by atoms with E-state index in [9.17, 15) is 0 Å². The van der Waals surface area contributed by atoms with Crippen LogP contribution in [0.15, 0.2) is 22.9 Å². The van der Waals surface area contributed by atoms with Gasteiger partial charge in [-0.15, -0.1) is 0 Å². The Labute approximate surface area is 86.3 Å². The van der Waals surface area contributed by atoms with Gasteiger partial charge in [0.2, 0.25) is 0 Å². The minimum absolute atomic E-state index is 0.110. The van der Waals surface area contributed by atoms with Crippen molar-refractivity contribution in [1.82, 2.24) is 4.98 Å². The minimum Gasteiger partial charge on any atom is -0.394 e. The molecular weight excluding hydrogens is 232 g/mol. The van der Waals surface area contributed by atoms with Crippen molar-refractivity contribution < 1.29 is 5.11 Å². The lowest BCUT2D eigenvalue weighted by Gasteiger charge is -2.16. The van der Waals surface area contributed by atoms with Crippen molar-refractivity contribution in [2.75, 3.05) is 11.9 Å². The molecule has 0 saturated carbocycles. The first-order chi connectivity index (χ1) is 6.27. The topological polar surface area (TPSA) is 45.1 Å². The molecule has 0 radical (unpaired) electrons. The van der Waals surface area contributed by atoms with Gasteiger partial charge in [0.25, 0.3) is 0 Å². The molecule has 0 bridgehead atoms. The van der Waals surface area contributed by atoms with Crippen LogP contribution in [0.3, 0.4) is 0 Å². The average Bonchev–Trinajstić information content (AvgIpc) is 2.17. The van der Waals surface area contributed by atoms with Crippen molar-refractivity contribution in [3.05, 3.63) is 22.9 Å². The van der Waals surface area contributed by atoms with Gasteiger partial charge in [0.05, 0.1) is 16.8 Å². The molecule has 0 aromatic carbocycles. The highest BCUT2D eigenvalue weighted by Crippen LogP contribution is 2.20. The molecule has 0 spiro atoms. The van der Waals surface area contributed by atoms with Crippen LogP contribution in [-0.4, -0.2) is 22.7 Å². The summed E-state index contributed by atoms with van der Waals surface area (Å²) in [6, 6.07) is 1.99. The summed E-state index contributed by atoms with van der Waals surface area (Å²) in [7, 11) is 0. The Kier molecular flexibility index (Phi) is 4.18. The summed E-state index contributed by atoms with van der Waals surface area (Å²) < 4.78 is 0.918. The zero-order chi connectivity index (χ0) is 9.68. The molecule has 72 valence electrons. The van der Waals surface area contributed by atoms with Gasteiger partial charge in [0, 0.05) is 18.4 Å². The van der Waals surface area contributed by atoms with Crippen LogP contribution in [0.2, 0.25) is 0 Å². The van der Waals surface area contributed by atoms with Gasteiger partial charge in [-0.25, -0.2) is 0 Å². The Morgan fingerprint density at radius 3 is 3.00 bits per heavy atom. The predicted octanol–water partition coefficient (Wildman–Crippen LogP) is 2.03. The molecule has 1 aromatic rings. The SMILES string of the molecule is CCC(CO)Nc1ccncc1Br. The van der Waals surface area contributed by atoms with Gasteiger partial charge in [-0.1, -0.05) is 6.92 Å². The molecule has 1 rings (SSSR count). The third-order valence-electron chi connectivity index (χ3n) is 1.85. The lowest BCUT2D eigenvalue weighted by atomic mass is 10.2. The Morgan fingerprint density at radius 2 is 2.46 bits per heavy atom. The molecule has 4 heteroatoms. The maximum Gasteiger partial charge on any atom is 0.0632 e. The van der Waals surface area contributed by atoms with Crippen LogP contribution in [0.5, 0.6) is 0 Å². The summed E-state index contributed by atoms with van der Waals surface area (Å²) >= 11 is 3.38. The van der Waals surface area contributed by atoms with E-state index in [4.69, 9.17) is 5.11 Å². The molecule has 0 fully saturated rings. The van der Waals surface area contributed by atoms with E-state index in [1.807, 2.05) is 13.0 Å². The fourth-order valence-corrected chi connectivity index (χ4v) is 1.35. The molecule has 0 saturated heterocycles. The Balaban J connectivity index is 2.67. The number of rotatable bonds is 4. The van der Waals surface area contributed by atoms with Crippen LogP contribution in [0.4, 0.5) is 5.69 Å². The van der Waals surface area contributed by atoms with E-state index in [2.05, 4.69) is 26.2 Å². The smallest absolute Gasteiger partial charge is 0.0632 e. The second-order valence-corrected chi connectivity index (χ2v) is 3.64. The molecule has 1 atom stereocenters. The normalized spacial score (nSPS) is 12.5. The zero-order valence-corrected chi connectivity index (χ0v) is 9.08. The number of nitrogens with zero attached hydrogens (tertiary/aromatic N) is 1. The summed E-state index contributed by atoms with van der Waals surface area (Å²) in [6.07, 6.45) is 4.34. The first-order valence-corrected chi connectivity index (χ1v) is 5.04. The van der Waals surface area contributed by atoms with E-state index in [1.54, 1.807) is 12.4 Å². The van der Waals surface area contributed by atoms with Gasteiger partial charge in [-0.3, -0.25) is 4.98 Å². The molecule has 1 unspecified atom stereocenters. The molecule has 1 heterocycles. The standard InChI is InChI=1S/C9H13BrN2O/c1-2-7(6-13)12-9-3-4-11-5-8(9)10/h3-5,7,13H,2,6H2,1H3,(H,11,12). The van der Waals surface area contributed by atoms with Crippen molar-refractivity contribution in [3.63, 3.8) is 0 Å². The van der Waals surface area contributed by atoms with E-state index >= 15 is 0 Å². The summed E-state index contributed by atoms with van der Waals surface area (Å²) in [5.41, 5.74) is 0.968. The Bertz CT molecular complexity index is 264. The molecule has 3 nitrogen and oxygen atoms in total. The number of anilines is 1. The lowest BCUT2D eigenvalue weighted by Crippen LogP contribution is -2.22. The van der Waals surface area contributed by atoms with E-state index in [0.717, 1.165) is 16.6 Å². The van der Waals surface area contributed by atoms with Gasteiger partial charge in [0.15, 0.2) is 0 Å². The maximum atomic E-state index is 8.98. The van der Waals surface area contributed by atoms with E-state index < -0.39 is 0 Å². The Morgan fingerprint density at radius 1 is 1.69 bits per heavy atom. The van der Waals surface area contributed by atoms with E-state index in [1.165, 1.54) is 0 Å². The van der Waals surface area contributed by atoms with Gasteiger partial charge in [-0.2, -0.15) is 0 Å². The molecular formula is C9H13BrN2O. The quantitative estimate of drug-likeness (QED) is 0.853. The Hall–Kier alpha value is -0.610. The van der Waals surface area contributed by atoms with Crippen molar-refractivity contribution in [2.45, 2.75) is 19.4 Å². The highest BCUT2D eigenvalue weighted by atomic mass is 79.9. The third-order valence-corrected chi connectivity index (χ3v) is 2.48. The number of pyridine rings is 1. The average molecular weight is 245 g/mol. The summed E-state index contributed by atoms with van der Waals surface area (Å²) in [5, 5.41) is 12.2. The second-order valence-electron chi connectivity index (χ2n) is 2.79. The number of hydrogen-bond donors (Lipinski definition) is 2. The third kappa shape index (κ3) is 2.97. The number of aliphatic hydroxyl groups excluding tert-OH is 1. The van der Waals surface area contributed by atoms with Crippen LogP contribution < -0.4 is 5.32 Å². The number of aliphatic hydroxyl groups is 1. The molecule has 0 aliphatic carbocycles. The van der Waals surface area contributed by atoms with Gasteiger partial charge in [-0.05, 0) is 28.4 Å². The molecule has 0 aliphatic heterocycles. The fraction of sp³-hybridized carbons (Fsp3) is 0.444. The number of aromatic nitrogens is 1.